The smallest absolute Gasteiger partial charge is 0.0830 e. The quantitative estimate of drug-likeness (QED) is 0.699. The normalized spacial score (nSPS) is 11.0. The van der Waals surface area contributed by atoms with Crippen molar-refractivity contribution in [3.05, 3.63) is 27.7 Å². The average Bonchev–Trinajstić information content (AvgIpc) is 2.47. The van der Waals surface area contributed by atoms with Crippen molar-refractivity contribution < 1.29 is 0 Å². The van der Waals surface area contributed by atoms with Crippen LogP contribution in [0.1, 0.15) is 17.5 Å². The van der Waals surface area contributed by atoms with Crippen LogP contribution in [-0.4, -0.2) is 4.98 Å². The molecule has 0 N–H and O–H groups in total. The van der Waals surface area contributed by atoms with Crippen LogP contribution in [0.25, 0.3) is 10.2 Å². The Kier molecular flexibility index (Phi) is 2.26. The molecule has 0 atom stereocenters. The molecule has 1 nitrogen and oxygen atoms in total. The number of fused-ring (bicyclic) bond motifs is 1. The molecule has 0 unspecified atom stereocenters. The number of hydrogen-bond acceptors (Lipinski definition) is 2. The molecule has 0 fully saturated rings. The number of halogens is 1. The lowest BCUT2D eigenvalue weighted by atomic mass is 10.3. The van der Waals surface area contributed by atoms with Crippen molar-refractivity contribution in [2.75, 3.05) is 0 Å². The first-order valence-electron chi connectivity index (χ1n) is 4.26. The molecule has 0 bridgehead atoms. The molecular formula is C10H10ClNS. The van der Waals surface area contributed by atoms with Crippen LogP contribution in [0, 0.1) is 6.92 Å². The molecule has 13 heavy (non-hydrogen) atoms. The number of nitrogens with zero attached hydrogens (tertiary/aromatic N) is 1. The average molecular weight is 212 g/mol. The zero-order chi connectivity index (χ0) is 9.42. The van der Waals surface area contributed by atoms with Gasteiger partial charge < -0.3 is 0 Å². The summed E-state index contributed by atoms with van der Waals surface area (Å²) in [6.07, 6.45) is 1.05. The van der Waals surface area contributed by atoms with Gasteiger partial charge in [0.2, 0.25) is 0 Å². The summed E-state index contributed by atoms with van der Waals surface area (Å²) in [5.74, 6) is 0. The number of hydrogen-bond donors (Lipinski definition) is 0. The van der Waals surface area contributed by atoms with Crippen LogP contribution >= 0.6 is 22.9 Å². The van der Waals surface area contributed by atoms with E-state index in [0.29, 0.717) is 0 Å². The first kappa shape index (κ1) is 8.97. The summed E-state index contributed by atoms with van der Waals surface area (Å²) >= 11 is 7.84. The van der Waals surface area contributed by atoms with Crippen molar-refractivity contribution in [1.29, 1.82) is 0 Å². The van der Waals surface area contributed by atoms with Gasteiger partial charge in [-0.15, -0.1) is 11.3 Å². The summed E-state index contributed by atoms with van der Waals surface area (Å²) in [6, 6.07) is 4.04. The third-order valence-electron chi connectivity index (χ3n) is 1.96. The maximum Gasteiger partial charge on any atom is 0.0830 e. The van der Waals surface area contributed by atoms with Gasteiger partial charge in [-0.05, 0) is 25.5 Å². The first-order valence-corrected chi connectivity index (χ1v) is 5.45. The Morgan fingerprint density at radius 2 is 2.23 bits per heavy atom. The van der Waals surface area contributed by atoms with Crippen LogP contribution in [-0.2, 0) is 6.42 Å². The Morgan fingerprint density at radius 1 is 1.46 bits per heavy atom. The maximum atomic E-state index is 6.10. The van der Waals surface area contributed by atoms with E-state index in [2.05, 4.69) is 18.0 Å². The van der Waals surface area contributed by atoms with Crippen molar-refractivity contribution in [1.82, 2.24) is 4.98 Å². The van der Waals surface area contributed by atoms with Crippen molar-refractivity contribution >= 4 is 33.2 Å². The van der Waals surface area contributed by atoms with Crippen molar-refractivity contribution in [3.63, 3.8) is 0 Å². The molecule has 0 saturated carbocycles. The van der Waals surface area contributed by atoms with E-state index in [1.807, 2.05) is 13.0 Å². The second-order valence-corrected chi connectivity index (χ2v) is 4.57. The monoisotopic (exact) mass is 211 g/mol. The summed E-state index contributed by atoms with van der Waals surface area (Å²) in [5, 5.41) is 0.826. The summed E-state index contributed by atoms with van der Waals surface area (Å²) in [7, 11) is 0. The molecule has 3 heteroatoms. The van der Waals surface area contributed by atoms with Crippen molar-refractivity contribution in [2.45, 2.75) is 20.3 Å². The Balaban J connectivity index is 2.75. The molecule has 2 heterocycles. The van der Waals surface area contributed by atoms with Crippen LogP contribution in [0.4, 0.5) is 0 Å². The minimum Gasteiger partial charge on any atom is -0.252 e. The van der Waals surface area contributed by atoms with Crippen LogP contribution < -0.4 is 0 Å². The largest absolute Gasteiger partial charge is 0.252 e. The molecule has 0 saturated heterocycles. The molecule has 2 aromatic rings. The molecule has 0 spiro atoms. The Bertz CT molecular complexity index is 447. The lowest BCUT2D eigenvalue weighted by Gasteiger charge is -1.94. The predicted molar refractivity (Wildman–Crippen MR) is 58.7 cm³/mol. The predicted octanol–water partition coefficient (Wildman–Crippen LogP) is 3.82. The van der Waals surface area contributed by atoms with Gasteiger partial charge in [-0.1, -0.05) is 18.5 Å². The van der Waals surface area contributed by atoms with Crippen molar-refractivity contribution in [3.8, 4) is 0 Å². The van der Waals surface area contributed by atoms with E-state index >= 15 is 0 Å². The van der Waals surface area contributed by atoms with Gasteiger partial charge in [-0.25, -0.2) is 0 Å². The molecular weight excluding hydrogens is 202 g/mol. The highest BCUT2D eigenvalue weighted by atomic mass is 35.5. The Hall–Kier alpha value is -0.600. The number of pyridine rings is 1. The minimum absolute atomic E-state index is 0.826. The third kappa shape index (κ3) is 1.56. The fourth-order valence-corrected chi connectivity index (χ4v) is 2.64. The third-order valence-corrected chi connectivity index (χ3v) is 3.67. The summed E-state index contributed by atoms with van der Waals surface area (Å²) in [5.41, 5.74) is 2.02. The molecule has 2 aromatic heterocycles. The highest BCUT2D eigenvalue weighted by Crippen LogP contribution is 2.31. The van der Waals surface area contributed by atoms with Gasteiger partial charge in [0.1, 0.15) is 0 Å². The Labute approximate surface area is 86.4 Å². The number of aryl methyl sites for hydroxylation is 2. The molecule has 2 rings (SSSR count). The van der Waals surface area contributed by atoms with E-state index < -0.39 is 0 Å². The van der Waals surface area contributed by atoms with Crippen LogP contribution in [0.3, 0.4) is 0 Å². The van der Waals surface area contributed by atoms with E-state index in [9.17, 15) is 0 Å². The SMILES string of the molecule is CCc1cc2nc(C)cc(Cl)c2s1. The zero-order valence-corrected chi connectivity index (χ0v) is 9.17. The van der Waals surface area contributed by atoms with Gasteiger partial charge in [0, 0.05) is 10.6 Å². The molecule has 0 amide bonds. The first-order chi connectivity index (χ1) is 6.20. The molecule has 0 radical (unpaired) electrons. The van der Waals surface area contributed by atoms with E-state index in [-0.39, 0.29) is 0 Å². The molecule has 0 aliphatic carbocycles. The van der Waals surface area contributed by atoms with Gasteiger partial charge in [0.15, 0.2) is 0 Å². The van der Waals surface area contributed by atoms with Crippen LogP contribution in [0.2, 0.25) is 5.02 Å². The number of aromatic nitrogens is 1. The second-order valence-electron chi connectivity index (χ2n) is 3.03. The van der Waals surface area contributed by atoms with Gasteiger partial charge in [-0.3, -0.25) is 4.98 Å². The Morgan fingerprint density at radius 3 is 2.92 bits per heavy atom. The van der Waals surface area contributed by atoms with Crippen molar-refractivity contribution in [2.24, 2.45) is 0 Å². The second kappa shape index (κ2) is 3.28. The topological polar surface area (TPSA) is 12.9 Å². The fraction of sp³-hybridized carbons (Fsp3) is 0.300. The van der Waals surface area contributed by atoms with E-state index in [0.717, 1.165) is 27.4 Å². The van der Waals surface area contributed by atoms with Gasteiger partial charge in [0.25, 0.3) is 0 Å². The summed E-state index contributed by atoms with van der Waals surface area (Å²) < 4.78 is 1.11. The maximum absolute atomic E-state index is 6.10. The zero-order valence-electron chi connectivity index (χ0n) is 7.60. The molecule has 0 aliphatic rings. The number of rotatable bonds is 1. The number of thiophene rings is 1. The standard InChI is InChI=1S/C10H10ClNS/c1-3-7-5-9-10(13-7)8(11)4-6(2)12-9/h4-5H,3H2,1-2H3. The van der Waals surface area contributed by atoms with E-state index in [1.54, 1.807) is 11.3 Å². The minimum atomic E-state index is 0.826. The highest BCUT2D eigenvalue weighted by molar-refractivity contribution is 7.19. The van der Waals surface area contributed by atoms with Crippen LogP contribution in [0.15, 0.2) is 12.1 Å². The lowest BCUT2D eigenvalue weighted by Crippen LogP contribution is -1.79. The van der Waals surface area contributed by atoms with E-state index in [4.69, 9.17) is 11.6 Å². The van der Waals surface area contributed by atoms with Gasteiger partial charge in [-0.2, -0.15) is 0 Å². The summed E-state index contributed by atoms with van der Waals surface area (Å²) in [6.45, 7) is 4.11. The molecule has 0 aliphatic heterocycles. The molecule has 0 aromatic carbocycles. The van der Waals surface area contributed by atoms with Gasteiger partial charge in [0.05, 0.1) is 15.2 Å². The molecule has 68 valence electrons. The van der Waals surface area contributed by atoms with Gasteiger partial charge >= 0.3 is 0 Å². The highest BCUT2D eigenvalue weighted by Gasteiger charge is 2.05. The fourth-order valence-electron chi connectivity index (χ4n) is 1.33. The van der Waals surface area contributed by atoms with E-state index in [1.165, 1.54) is 4.88 Å². The lowest BCUT2D eigenvalue weighted by molar-refractivity contribution is 1.18. The summed E-state index contributed by atoms with van der Waals surface area (Å²) in [4.78, 5) is 5.77. The van der Waals surface area contributed by atoms with Crippen LogP contribution in [0.5, 0.6) is 0 Å².